The monoisotopic (exact) mass is 399 g/mol. The Labute approximate surface area is 154 Å². The number of anilines is 2. The Morgan fingerprint density at radius 2 is 1.92 bits per heavy atom. The number of halogens is 1. The van der Waals surface area contributed by atoms with Crippen LogP contribution in [0.5, 0.6) is 0 Å². The zero-order valence-corrected chi connectivity index (χ0v) is 15.3. The first-order valence-electron chi connectivity index (χ1n) is 7.95. The Bertz CT molecular complexity index is 860. The Hall–Kier alpha value is -2.67. The van der Waals surface area contributed by atoms with E-state index in [9.17, 15) is 4.79 Å². The van der Waals surface area contributed by atoms with Crippen molar-refractivity contribution in [2.24, 2.45) is 0 Å². The van der Waals surface area contributed by atoms with Crippen LogP contribution in [0, 0.1) is 0 Å². The third-order valence-corrected chi connectivity index (χ3v) is 4.22. The topological polar surface area (TPSA) is 82.7 Å². The Balaban J connectivity index is 1.66. The number of aromatic nitrogens is 3. The largest absolute Gasteiger partial charge is 0.346 e. The number of aryl methyl sites for hydroxylation is 1. The van der Waals surface area contributed by atoms with E-state index in [2.05, 4.69) is 48.9 Å². The van der Waals surface area contributed by atoms with Crippen molar-refractivity contribution >= 4 is 33.3 Å². The van der Waals surface area contributed by atoms with Crippen LogP contribution in [0.4, 0.5) is 11.5 Å². The molecule has 6 nitrogen and oxygen atoms in total. The summed E-state index contributed by atoms with van der Waals surface area (Å²) >= 11 is 3.42. The van der Waals surface area contributed by atoms with Crippen LogP contribution < -0.4 is 10.6 Å². The predicted molar refractivity (Wildman–Crippen MR) is 101 cm³/mol. The van der Waals surface area contributed by atoms with Gasteiger partial charge in [-0.25, -0.2) is 0 Å². The number of nitrogens with one attached hydrogen (secondary N) is 3. The summed E-state index contributed by atoms with van der Waals surface area (Å²) in [6, 6.07) is 15.8. The van der Waals surface area contributed by atoms with Crippen molar-refractivity contribution in [3.63, 3.8) is 0 Å². The first kappa shape index (κ1) is 17.2. The molecule has 0 radical (unpaired) electrons. The molecule has 0 spiro atoms. The van der Waals surface area contributed by atoms with Crippen molar-refractivity contribution < 1.29 is 4.79 Å². The molecule has 7 heteroatoms. The SMILES string of the molecule is CCc1ccc(Nc2n[nH]nc2C(=O)NCc2cccc(Br)c2)cc1. The van der Waals surface area contributed by atoms with E-state index in [4.69, 9.17) is 0 Å². The molecule has 128 valence electrons. The van der Waals surface area contributed by atoms with Crippen molar-refractivity contribution in [3.8, 4) is 0 Å². The number of carbonyl (C=O) groups is 1. The molecule has 25 heavy (non-hydrogen) atoms. The van der Waals surface area contributed by atoms with Gasteiger partial charge in [-0.1, -0.05) is 47.1 Å². The lowest BCUT2D eigenvalue weighted by Gasteiger charge is -2.07. The van der Waals surface area contributed by atoms with E-state index in [1.165, 1.54) is 5.56 Å². The van der Waals surface area contributed by atoms with Gasteiger partial charge in [-0.2, -0.15) is 5.21 Å². The Morgan fingerprint density at radius 1 is 1.12 bits per heavy atom. The third kappa shape index (κ3) is 4.45. The normalized spacial score (nSPS) is 10.5. The minimum Gasteiger partial charge on any atom is -0.346 e. The van der Waals surface area contributed by atoms with Crippen molar-refractivity contribution in [3.05, 3.63) is 69.8 Å². The maximum Gasteiger partial charge on any atom is 0.275 e. The molecule has 0 fully saturated rings. The number of carbonyl (C=O) groups excluding carboxylic acids is 1. The Kier molecular flexibility index (Phi) is 5.45. The minimum absolute atomic E-state index is 0.231. The van der Waals surface area contributed by atoms with Gasteiger partial charge >= 0.3 is 0 Å². The zero-order valence-electron chi connectivity index (χ0n) is 13.7. The predicted octanol–water partition coefficient (Wildman–Crippen LogP) is 3.80. The van der Waals surface area contributed by atoms with Crippen LogP contribution in [-0.4, -0.2) is 21.3 Å². The molecule has 0 aliphatic heterocycles. The molecule has 3 N–H and O–H groups in total. The van der Waals surface area contributed by atoms with E-state index in [0.29, 0.717) is 12.4 Å². The molecule has 0 atom stereocenters. The molecule has 1 heterocycles. The van der Waals surface area contributed by atoms with Crippen molar-refractivity contribution in [2.45, 2.75) is 19.9 Å². The van der Waals surface area contributed by atoms with Crippen molar-refractivity contribution in [1.82, 2.24) is 20.7 Å². The van der Waals surface area contributed by atoms with Gasteiger partial charge < -0.3 is 10.6 Å². The smallest absolute Gasteiger partial charge is 0.275 e. The number of rotatable bonds is 6. The van der Waals surface area contributed by atoms with Crippen LogP contribution in [-0.2, 0) is 13.0 Å². The molecule has 1 amide bonds. The molecule has 0 bridgehead atoms. The van der Waals surface area contributed by atoms with Crippen LogP contribution in [0.3, 0.4) is 0 Å². The molecular weight excluding hydrogens is 382 g/mol. The van der Waals surface area contributed by atoms with Gasteiger partial charge in [-0.05, 0) is 41.8 Å². The fraction of sp³-hybridized carbons (Fsp3) is 0.167. The highest BCUT2D eigenvalue weighted by Gasteiger charge is 2.16. The van der Waals surface area contributed by atoms with Crippen molar-refractivity contribution in [2.75, 3.05) is 5.32 Å². The molecule has 0 aliphatic rings. The van der Waals surface area contributed by atoms with E-state index < -0.39 is 0 Å². The second-order valence-corrected chi connectivity index (χ2v) is 6.42. The quantitative estimate of drug-likeness (QED) is 0.588. The van der Waals surface area contributed by atoms with Crippen LogP contribution in [0.2, 0.25) is 0 Å². The van der Waals surface area contributed by atoms with Gasteiger partial charge in [-0.3, -0.25) is 4.79 Å². The number of amides is 1. The molecule has 2 aromatic carbocycles. The summed E-state index contributed by atoms with van der Waals surface area (Å²) in [4.78, 5) is 12.4. The first-order valence-corrected chi connectivity index (χ1v) is 8.74. The van der Waals surface area contributed by atoms with Gasteiger partial charge in [0.15, 0.2) is 11.5 Å². The summed E-state index contributed by atoms with van der Waals surface area (Å²) in [6.45, 7) is 2.52. The summed E-state index contributed by atoms with van der Waals surface area (Å²) < 4.78 is 0.971. The maximum absolute atomic E-state index is 12.4. The lowest BCUT2D eigenvalue weighted by molar-refractivity contribution is 0.0946. The summed E-state index contributed by atoms with van der Waals surface area (Å²) in [7, 11) is 0. The zero-order chi connectivity index (χ0) is 17.6. The molecule has 0 aliphatic carbocycles. The first-order chi connectivity index (χ1) is 12.2. The number of hydrogen-bond acceptors (Lipinski definition) is 4. The highest BCUT2D eigenvalue weighted by Crippen LogP contribution is 2.18. The third-order valence-electron chi connectivity index (χ3n) is 3.73. The van der Waals surface area contributed by atoms with E-state index in [-0.39, 0.29) is 11.6 Å². The van der Waals surface area contributed by atoms with Crippen LogP contribution >= 0.6 is 15.9 Å². The maximum atomic E-state index is 12.4. The summed E-state index contributed by atoms with van der Waals surface area (Å²) in [6.07, 6.45) is 0.980. The summed E-state index contributed by atoms with van der Waals surface area (Å²) in [5.74, 6) is 0.109. The lowest BCUT2D eigenvalue weighted by atomic mass is 10.1. The van der Waals surface area contributed by atoms with Crippen LogP contribution in [0.1, 0.15) is 28.5 Å². The standard InChI is InChI=1S/C18H18BrN5O/c1-2-12-6-8-15(9-7-12)21-17-16(22-24-23-17)18(25)20-11-13-4-3-5-14(19)10-13/h3-10H,2,11H2,1H3,(H,20,25)(H2,21,22,23,24). The highest BCUT2D eigenvalue weighted by molar-refractivity contribution is 9.10. The van der Waals surface area contributed by atoms with Gasteiger partial charge in [0.05, 0.1) is 0 Å². The van der Waals surface area contributed by atoms with E-state index in [0.717, 1.165) is 22.1 Å². The summed E-state index contributed by atoms with van der Waals surface area (Å²) in [5, 5.41) is 16.5. The number of H-pyrrole nitrogens is 1. The lowest BCUT2D eigenvalue weighted by Crippen LogP contribution is -2.24. The molecule has 3 rings (SSSR count). The van der Waals surface area contributed by atoms with Gasteiger partial charge in [0.1, 0.15) is 0 Å². The van der Waals surface area contributed by atoms with Gasteiger partial charge in [-0.15, -0.1) is 10.2 Å². The van der Waals surface area contributed by atoms with Gasteiger partial charge in [0.2, 0.25) is 0 Å². The fourth-order valence-corrected chi connectivity index (χ4v) is 2.80. The molecule has 3 aromatic rings. The van der Waals surface area contributed by atoms with E-state index in [1.807, 2.05) is 48.5 Å². The molecule has 1 aromatic heterocycles. The fourth-order valence-electron chi connectivity index (χ4n) is 2.35. The van der Waals surface area contributed by atoms with Crippen LogP contribution in [0.25, 0.3) is 0 Å². The second-order valence-electron chi connectivity index (χ2n) is 5.51. The van der Waals surface area contributed by atoms with Crippen LogP contribution in [0.15, 0.2) is 53.0 Å². The van der Waals surface area contributed by atoms with Gasteiger partial charge in [0.25, 0.3) is 5.91 Å². The summed E-state index contributed by atoms with van der Waals surface area (Å²) in [5.41, 5.74) is 3.33. The number of hydrogen-bond donors (Lipinski definition) is 3. The number of nitrogens with zero attached hydrogens (tertiary/aromatic N) is 2. The second kappa shape index (κ2) is 7.94. The number of benzene rings is 2. The van der Waals surface area contributed by atoms with E-state index in [1.54, 1.807) is 0 Å². The molecule has 0 unspecified atom stereocenters. The highest BCUT2D eigenvalue weighted by atomic mass is 79.9. The van der Waals surface area contributed by atoms with Crippen molar-refractivity contribution in [1.29, 1.82) is 0 Å². The molecular formula is C18H18BrN5O. The average Bonchev–Trinajstić information content (AvgIpc) is 3.08. The average molecular weight is 400 g/mol. The van der Waals surface area contributed by atoms with E-state index >= 15 is 0 Å². The number of aromatic amines is 1. The Morgan fingerprint density at radius 3 is 2.64 bits per heavy atom. The molecule has 0 saturated carbocycles. The van der Waals surface area contributed by atoms with Gasteiger partial charge in [0, 0.05) is 16.7 Å². The molecule has 0 saturated heterocycles. The minimum atomic E-state index is -0.290.